The number of carbonyl (C=O) groups is 1. The molecule has 0 aliphatic rings. The first kappa shape index (κ1) is 9.51. The minimum atomic E-state index is -1.21. The first-order valence-corrected chi connectivity index (χ1v) is 4.01. The topological polar surface area (TPSA) is 67.5 Å². The van der Waals surface area contributed by atoms with Crippen LogP contribution in [0.25, 0.3) is 0 Å². The van der Waals surface area contributed by atoms with E-state index in [0.717, 1.165) is 12.5 Å². The fraction of sp³-hybridized carbons (Fsp3) is 0.333. The number of rotatable bonds is 3. The summed E-state index contributed by atoms with van der Waals surface area (Å²) in [5, 5.41) is 8.57. The van der Waals surface area contributed by atoms with Crippen LogP contribution in [0.2, 0.25) is 0 Å². The summed E-state index contributed by atoms with van der Waals surface area (Å²) in [5.41, 5.74) is -0.327. The molecule has 0 saturated heterocycles. The Labute approximate surface area is 74.8 Å². The molecule has 0 fully saturated rings. The van der Waals surface area contributed by atoms with E-state index in [4.69, 9.17) is 9.52 Å². The Hall–Kier alpha value is -1.58. The first-order valence-electron chi connectivity index (χ1n) is 4.01. The number of aromatic carboxylic acids is 1. The highest BCUT2D eigenvalue weighted by Gasteiger charge is 2.08. The van der Waals surface area contributed by atoms with Crippen LogP contribution < -0.4 is 5.43 Å². The normalized spacial score (nSPS) is 9.92. The number of aryl methyl sites for hydroxylation is 1. The average Bonchev–Trinajstić information content (AvgIpc) is 2.03. The third-order valence-corrected chi connectivity index (χ3v) is 1.52. The Morgan fingerprint density at radius 2 is 2.23 bits per heavy atom. The molecule has 1 aromatic heterocycles. The lowest BCUT2D eigenvalue weighted by Gasteiger charge is -1.98. The highest BCUT2D eigenvalue weighted by molar-refractivity contribution is 5.84. The van der Waals surface area contributed by atoms with Crippen LogP contribution >= 0.6 is 0 Å². The fourth-order valence-corrected chi connectivity index (χ4v) is 1.00. The van der Waals surface area contributed by atoms with E-state index >= 15 is 0 Å². The summed E-state index contributed by atoms with van der Waals surface area (Å²) in [6, 6.07) is 2.29. The van der Waals surface area contributed by atoms with Gasteiger partial charge in [0.2, 0.25) is 5.76 Å². The quantitative estimate of drug-likeness (QED) is 0.764. The zero-order valence-corrected chi connectivity index (χ0v) is 7.24. The van der Waals surface area contributed by atoms with E-state index in [0.29, 0.717) is 12.2 Å². The van der Waals surface area contributed by atoms with Crippen molar-refractivity contribution in [3.05, 3.63) is 33.9 Å². The van der Waals surface area contributed by atoms with Crippen LogP contribution in [0, 0.1) is 0 Å². The minimum absolute atomic E-state index is 0.295. The van der Waals surface area contributed by atoms with Gasteiger partial charge in [-0.3, -0.25) is 4.79 Å². The standard InChI is InChI=1S/C9H10O4/c1-2-3-7-4-6(10)5-8(13-7)9(11)12/h4-5H,2-3H2,1H3,(H,11,12). The molecule has 1 N–H and O–H groups in total. The van der Waals surface area contributed by atoms with Crippen molar-refractivity contribution < 1.29 is 14.3 Å². The molecular weight excluding hydrogens is 172 g/mol. The van der Waals surface area contributed by atoms with Gasteiger partial charge in [0, 0.05) is 18.6 Å². The molecule has 70 valence electrons. The Balaban J connectivity index is 3.11. The summed E-state index contributed by atoms with van der Waals surface area (Å²) < 4.78 is 4.96. The summed E-state index contributed by atoms with van der Waals surface area (Å²) in [5.74, 6) is -1.08. The van der Waals surface area contributed by atoms with Crippen LogP contribution in [0.1, 0.15) is 29.7 Å². The van der Waals surface area contributed by atoms with E-state index in [1.54, 1.807) is 0 Å². The molecule has 13 heavy (non-hydrogen) atoms. The number of carboxylic acids is 1. The van der Waals surface area contributed by atoms with Crippen molar-refractivity contribution >= 4 is 5.97 Å². The molecule has 0 saturated carbocycles. The van der Waals surface area contributed by atoms with Crippen LogP contribution in [0.3, 0.4) is 0 Å². The number of carboxylic acid groups (broad SMARTS) is 1. The van der Waals surface area contributed by atoms with Gasteiger partial charge in [-0.05, 0) is 6.42 Å². The molecule has 0 radical (unpaired) electrons. The van der Waals surface area contributed by atoms with E-state index in [-0.39, 0.29) is 11.2 Å². The van der Waals surface area contributed by atoms with E-state index in [2.05, 4.69) is 0 Å². The molecule has 0 bridgehead atoms. The third kappa shape index (κ3) is 2.43. The lowest BCUT2D eigenvalue weighted by atomic mass is 10.2. The van der Waals surface area contributed by atoms with Gasteiger partial charge >= 0.3 is 5.97 Å². The molecule has 0 aromatic carbocycles. The molecule has 4 nitrogen and oxygen atoms in total. The second kappa shape index (κ2) is 3.89. The molecule has 0 spiro atoms. The summed E-state index contributed by atoms with van der Waals surface area (Å²) in [6.45, 7) is 1.92. The molecule has 0 atom stereocenters. The zero-order chi connectivity index (χ0) is 9.84. The second-order valence-corrected chi connectivity index (χ2v) is 2.68. The van der Waals surface area contributed by atoms with Gasteiger partial charge in [0.05, 0.1) is 0 Å². The maximum Gasteiger partial charge on any atom is 0.371 e. The smallest absolute Gasteiger partial charge is 0.371 e. The highest BCUT2D eigenvalue weighted by atomic mass is 16.4. The minimum Gasteiger partial charge on any atom is -0.475 e. The SMILES string of the molecule is CCCc1cc(=O)cc(C(=O)O)o1. The van der Waals surface area contributed by atoms with Crippen molar-refractivity contribution in [2.24, 2.45) is 0 Å². The maximum absolute atomic E-state index is 11.0. The molecule has 4 heteroatoms. The summed E-state index contributed by atoms with van der Waals surface area (Å²) in [4.78, 5) is 21.4. The van der Waals surface area contributed by atoms with E-state index in [9.17, 15) is 9.59 Å². The Morgan fingerprint density at radius 3 is 2.77 bits per heavy atom. The van der Waals surface area contributed by atoms with E-state index in [1.165, 1.54) is 6.07 Å². The fourth-order valence-electron chi connectivity index (χ4n) is 1.00. The third-order valence-electron chi connectivity index (χ3n) is 1.52. The Morgan fingerprint density at radius 1 is 1.54 bits per heavy atom. The molecule has 0 aliphatic heterocycles. The van der Waals surface area contributed by atoms with Crippen molar-refractivity contribution in [1.82, 2.24) is 0 Å². The van der Waals surface area contributed by atoms with Crippen molar-refractivity contribution in [2.45, 2.75) is 19.8 Å². The van der Waals surface area contributed by atoms with Gasteiger partial charge in [-0.1, -0.05) is 6.92 Å². The second-order valence-electron chi connectivity index (χ2n) is 2.68. The van der Waals surface area contributed by atoms with Gasteiger partial charge in [-0.15, -0.1) is 0 Å². The van der Waals surface area contributed by atoms with Gasteiger partial charge < -0.3 is 9.52 Å². The molecule has 1 heterocycles. The van der Waals surface area contributed by atoms with Crippen LogP contribution in [-0.4, -0.2) is 11.1 Å². The monoisotopic (exact) mass is 182 g/mol. The lowest BCUT2D eigenvalue weighted by Crippen LogP contribution is -2.06. The predicted molar refractivity (Wildman–Crippen MR) is 45.9 cm³/mol. The van der Waals surface area contributed by atoms with Gasteiger partial charge in [-0.25, -0.2) is 4.79 Å². The van der Waals surface area contributed by atoms with Crippen molar-refractivity contribution in [1.29, 1.82) is 0 Å². The predicted octanol–water partition coefficient (Wildman–Crippen LogP) is 1.29. The molecule has 0 aliphatic carbocycles. The first-order chi connectivity index (χ1) is 6.13. The van der Waals surface area contributed by atoms with Crippen molar-refractivity contribution in [2.75, 3.05) is 0 Å². The Kier molecular flexibility index (Phi) is 2.84. The summed E-state index contributed by atoms with van der Waals surface area (Å²) in [7, 11) is 0. The molecule has 1 rings (SSSR count). The number of hydrogen-bond donors (Lipinski definition) is 1. The summed E-state index contributed by atoms with van der Waals surface area (Å²) >= 11 is 0. The molecule has 0 amide bonds. The highest BCUT2D eigenvalue weighted by Crippen LogP contribution is 2.04. The van der Waals surface area contributed by atoms with Gasteiger partial charge in [-0.2, -0.15) is 0 Å². The van der Waals surface area contributed by atoms with E-state index < -0.39 is 5.97 Å². The lowest BCUT2D eigenvalue weighted by molar-refractivity contribution is 0.0657. The molecule has 0 unspecified atom stereocenters. The largest absolute Gasteiger partial charge is 0.475 e. The van der Waals surface area contributed by atoms with Crippen LogP contribution in [0.4, 0.5) is 0 Å². The van der Waals surface area contributed by atoms with Gasteiger partial charge in [0.25, 0.3) is 0 Å². The number of hydrogen-bond acceptors (Lipinski definition) is 3. The van der Waals surface area contributed by atoms with Crippen molar-refractivity contribution in [3.63, 3.8) is 0 Å². The van der Waals surface area contributed by atoms with Crippen LogP contribution in [0.5, 0.6) is 0 Å². The van der Waals surface area contributed by atoms with Crippen molar-refractivity contribution in [3.8, 4) is 0 Å². The van der Waals surface area contributed by atoms with Gasteiger partial charge in [0.1, 0.15) is 5.76 Å². The average molecular weight is 182 g/mol. The van der Waals surface area contributed by atoms with Gasteiger partial charge in [0.15, 0.2) is 5.43 Å². The van der Waals surface area contributed by atoms with Crippen LogP contribution in [-0.2, 0) is 6.42 Å². The van der Waals surface area contributed by atoms with E-state index in [1.807, 2.05) is 6.92 Å². The molecular formula is C9H10O4. The molecule has 1 aromatic rings. The zero-order valence-electron chi connectivity index (χ0n) is 7.24. The Bertz CT molecular complexity index is 364. The maximum atomic E-state index is 11.0. The van der Waals surface area contributed by atoms with Crippen LogP contribution in [0.15, 0.2) is 21.3 Å². The summed E-state index contributed by atoms with van der Waals surface area (Å²) in [6.07, 6.45) is 1.39.